The minimum absolute atomic E-state index is 0.223. The van der Waals surface area contributed by atoms with Crippen molar-refractivity contribution in [3.63, 3.8) is 0 Å². The Hall–Kier alpha value is -0.570. The molecule has 1 heterocycles. The molecule has 1 rings (SSSR count). The molecule has 1 aliphatic heterocycles. The molecule has 18 heavy (non-hydrogen) atoms. The molecule has 3 heteroatoms. The van der Waals surface area contributed by atoms with Gasteiger partial charge in [-0.1, -0.05) is 34.1 Å². The zero-order valence-electron chi connectivity index (χ0n) is 12.5. The second-order valence-corrected chi connectivity index (χ2v) is 7.04. The highest BCUT2D eigenvalue weighted by Gasteiger charge is 2.19. The second kappa shape index (κ2) is 7.13. The first-order valence-corrected chi connectivity index (χ1v) is 7.37. The average molecular weight is 254 g/mol. The Morgan fingerprint density at radius 3 is 2.78 bits per heavy atom. The third-order valence-electron chi connectivity index (χ3n) is 3.41. The van der Waals surface area contributed by atoms with Crippen molar-refractivity contribution in [1.29, 1.82) is 0 Å². The second-order valence-electron chi connectivity index (χ2n) is 7.04. The maximum absolute atomic E-state index is 12.0. The molecular weight excluding hydrogens is 224 g/mol. The lowest BCUT2D eigenvalue weighted by molar-refractivity contribution is -0.122. The summed E-state index contributed by atoms with van der Waals surface area (Å²) in [6, 6.07) is 0.335. The highest BCUT2D eigenvalue weighted by atomic mass is 16.1. The van der Waals surface area contributed by atoms with Crippen LogP contribution in [0.3, 0.4) is 0 Å². The first-order chi connectivity index (χ1) is 8.37. The summed E-state index contributed by atoms with van der Waals surface area (Å²) in [4.78, 5) is 12.0. The van der Waals surface area contributed by atoms with E-state index in [2.05, 4.69) is 38.3 Å². The Balaban J connectivity index is 2.27. The maximum Gasteiger partial charge on any atom is 0.220 e. The number of amides is 1. The Kier molecular flexibility index (Phi) is 6.13. The van der Waals surface area contributed by atoms with Gasteiger partial charge >= 0.3 is 0 Å². The SMILES string of the molecule is CC(CC(=O)NC1CCCCNC1)CC(C)(C)C. The summed E-state index contributed by atoms with van der Waals surface area (Å²) in [6.45, 7) is 10.9. The Morgan fingerprint density at radius 1 is 1.39 bits per heavy atom. The first-order valence-electron chi connectivity index (χ1n) is 7.37. The lowest BCUT2D eigenvalue weighted by atomic mass is 9.84. The summed E-state index contributed by atoms with van der Waals surface area (Å²) in [5.41, 5.74) is 0.309. The number of hydrogen-bond acceptors (Lipinski definition) is 2. The first kappa shape index (κ1) is 15.5. The number of carbonyl (C=O) groups is 1. The largest absolute Gasteiger partial charge is 0.352 e. The molecule has 106 valence electrons. The quantitative estimate of drug-likeness (QED) is 0.810. The van der Waals surface area contributed by atoms with E-state index >= 15 is 0 Å². The Bertz CT molecular complexity index is 250. The molecule has 0 aromatic heterocycles. The summed E-state index contributed by atoms with van der Waals surface area (Å²) in [5.74, 6) is 0.684. The minimum atomic E-state index is 0.223. The highest BCUT2D eigenvalue weighted by Crippen LogP contribution is 2.25. The van der Waals surface area contributed by atoms with Crippen LogP contribution in [0.4, 0.5) is 0 Å². The highest BCUT2D eigenvalue weighted by molar-refractivity contribution is 5.76. The molecule has 0 aliphatic carbocycles. The maximum atomic E-state index is 12.0. The van der Waals surface area contributed by atoms with E-state index in [1.165, 1.54) is 12.8 Å². The minimum Gasteiger partial charge on any atom is -0.352 e. The summed E-state index contributed by atoms with van der Waals surface area (Å²) in [5, 5.41) is 6.55. The van der Waals surface area contributed by atoms with Crippen molar-refractivity contribution in [2.45, 2.75) is 65.8 Å². The Labute approximate surface area is 112 Å². The molecule has 0 saturated carbocycles. The van der Waals surface area contributed by atoms with Gasteiger partial charge in [0.25, 0.3) is 0 Å². The van der Waals surface area contributed by atoms with Crippen LogP contribution in [0.15, 0.2) is 0 Å². The molecule has 0 aromatic carbocycles. The van der Waals surface area contributed by atoms with Crippen LogP contribution in [0.1, 0.15) is 59.8 Å². The van der Waals surface area contributed by atoms with E-state index in [4.69, 9.17) is 0 Å². The van der Waals surface area contributed by atoms with Gasteiger partial charge in [-0.2, -0.15) is 0 Å². The molecule has 1 saturated heterocycles. The topological polar surface area (TPSA) is 41.1 Å². The molecule has 0 radical (unpaired) electrons. The molecule has 3 nitrogen and oxygen atoms in total. The molecule has 2 N–H and O–H groups in total. The summed E-state index contributed by atoms with van der Waals surface area (Å²) in [7, 11) is 0. The van der Waals surface area contributed by atoms with Crippen LogP contribution in [-0.4, -0.2) is 25.0 Å². The smallest absolute Gasteiger partial charge is 0.220 e. The fourth-order valence-electron chi connectivity index (χ4n) is 2.86. The monoisotopic (exact) mass is 254 g/mol. The third kappa shape index (κ3) is 7.00. The van der Waals surface area contributed by atoms with Crippen molar-refractivity contribution in [3.05, 3.63) is 0 Å². The van der Waals surface area contributed by atoms with Crippen LogP contribution in [0.2, 0.25) is 0 Å². The van der Waals surface area contributed by atoms with Crippen LogP contribution >= 0.6 is 0 Å². The molecule has 0 bridgehead atoms. The number of rotatable bonds is 4. The van der Waals surface area contributed by atoms with Gasteiger partial charge in [-0.05, 0) is 37.1 Å². The summed E-state index contributed by atoms with van der Waals surface area (Å²) < 4.78 is 0. The predicted octanol–water partition coefficient (Wildman–Crippen LogP) is 2.71. The molecule has 2 unspecified atom stereocenters. The van der Waals surface area contributed by atoms with E-state index in [1.807, 2.05) is 0 Å². The molecule has 2 atom stereocenters. The van der Waals surface area contributed by atoms with Gasteiger partial charge in [0.15, 0.2) is 0 Å². The van der Waals surface area contributed by atoms with Crippen molar-refractivity contribution in [3.8, 4) is 0 Å². The van der Waals surface area contributed by atoms with Gasteiger partial charge < -0.3 is 10.6 Å². The van der Waals surface area contributed by atoms with E-state index < -0.39 is 0 Å². The van der Waals surface area contributed by atoms with Crippen LogP contribution in [0, 0.1) is 11.3 Å². The summed E-state index contributed by atoms with van der Waals surface area (Å²) >= 11 is 0. The van der Waals surface area contributed by atoms with E-state index in [9.17, 15) is 4.79 Å². The number of hydrogen-bond donors (Lipinski definition) is 2. The zero-order chi connectivity index (χ0) is 13.6. The van der Waals surface area contributed by atoms with Gasteiger partial charge in [0.05, 0.1) is 0 Å². The number of carbonyl (C=O) groups excluding carboxylic acids is 1. The lowest BCUT2D eigenvalue weighted by Gasteiger charge is -2.24. The molecular formula is C15H30N2O. The zero-order valence-corrected chi connectivity index (χ0v) is 12.5. The van der Waals surface area contributed by atoms with Crippen molar-refractivity contribution in [2.75, 3.05) is 13.1 Å². The normalized spacial score (nSPS) is 23.2. The fraction of sp³-hybridized carbons (Fsp3) is 0.933. The van der Waals surface area contributed by atoms with E-state index in [1.54, 1.807) is 0 Å². The van der Waals surface area contributed by atoms with Crippen LogP contribution in [0.5, 0.6) is 0 Å². The average Bonchev–Trinajstić information content (AvgIpc) is 2.42. The van der Waals surface area contributed by atoms with Gasteiger partial charge in [0.2, 0.25) is 5.91 Å². The summed E-state index contributed by atoms with van der Waals surface area (Å²) in [6.07, 6.45) is 5.33. The van der Waals surface area contributed by atoms with Crippen molar-refractivity contribution in [1.82, 2.24) is 10.6 Å². The van der Waals surface area contributed by atoms with E-state index in [0.29, 0.717) is 23.8 Å². The van der Waals surface area contributed by atoms with E-state index in [-0.39, 0.29) is 5.91 Å². The van der Waals surface area contributed by atoms with Gasteiger partial charge in [0.1, 0.15) is 0 Å². The molecule has 0 spiro atoms. The van der Waals surface area contributed by atoms with Crippen molar-refractivity contribution < 1.29 is 4.79 Å². The fourth-order valence-corrected chi connectivity index (χ4v) is 2.86. The number of nitrogens with one attached hydrogen (secondary N) is 2. The van der Waals surface area contributed by atoms with Gasteiger partial charge in [0, 0.05) is 19.0 Å². The predicted molar refractivity (Wildman–Crippen MR) is 76.5 cm³/mol. The van der Waals surface area contributed by atoms with Gasteiger partial charge in [-0.25, -0.2) is 0 Å². The van der Waals surface area contributed by atoms with Crippen LogP contribution in [-0.2, 0) is 4.79 Å². The standard InChI is InChI=1S/C15H30N2O/c1-12(10-15(2,3)4)9-14(18)17-13-7-5-6-8-16-11-13/h12-13,16H,5-11H2,1-4H3,(H,17,18). The van der Waals surface area contributed by atoms with Crippen molar-refractivity contribution >= 4 is 5.91 Å². The third-order valence-corrected chi connectivity index (χ3v) is 3.41. The molecule has 1 aliphatic rings. The Morgan fingerprint density at radius 2 is 2.11 bits per heavy atom. The van der Waals surface area contributed by atoms with Gasteiger partial charge in [-0.15, -0.1) is 0 Å². The molecule has 1 amide bonds. The van der Waals surface area contributed by atoms with E-state index in [0.717, 1.165) is 25.9 Å². The van der Waals surface area contributed by atoms with Crippen molar-refractivity contribution in [2.24, 2.45) is 11.3 Å². The molecule has 1 fully saturated rings. The lowest BCUT2D eigenvalue weighted by Crippen LogP contribution is -2.41. The van der Waals surface area contributed by atoms with Gasteiger partial charge in [-0.3, -0.25) is 4.79 Å². The van der Waals surface area contributed by atoms with Crippen LogP contribution < -0.4 is 10.6 Å². The van der Waals surface area contributed by atoms with Crippen LogP contribution in [0.25, 0.3) is 0 Å². The molecule has 0 aromatic rings.